The number of aryl methyl sites for hydroxylation is 1. The van der Waals surface area contributed by atoms with E-state index in [1.807, 2.05) is 29.2 Å². The second kappa shape index (κ2) is 6.24. The first kappa shape index (κ1) is 13.4. The third-order valence-corrected chi connectivity index (χ3v) is 3.94. The summed E-state index contributed by atoms with van der Waals surface area (Å²) in [4.78, 5) is 14.4. The van der Waals surface area contributed by atoms with Crippen molar-refractivity contribution in [3.63, 3.8) is 0 Å². The Hall–Kier alpha value is -1.02. The van der Waals surface area contributed by atoms with Crippen molar-refractivity contribution < 1.29 is 4.79 Å². The summed E-state index contributed by atoms with van der Waals surface area (Å²) in [5, 5.41) is 0. The molecule has 1 aliphatic heterocycles. The Morgan fingerprint density at radius 2 is 2.22 bits per heavy atom. The van der Waals surface area contributed by atoms with Crippen LogP contribution < -0.4 is 0 Å². The zero-order chi connectivity index (χ0) is 13.0. The summed E-state index contributed by atoms with van der Waals surface area (Å²) in [7, 11) is 0. The number of amides is 1. The Kier molecular flexibility index (Phi) is 4.65. The van der Waals surface area contributed by atoms with Crippen LogP contribution in [0, 0.1) is 5.92 Å². The van der Waals surface area contributed by atoms with Crippen molar-refractivity contribution in [2.75, 3.05) is 19.0 Å². The lowest BCUT2D eigenvalue weighted by atomic mass is 10.0. The van der Waals surface area contributed by atoms with Gasteiger partial charge in [-0.2, -0.15) is 0 Å². The molecular formula is C15H20ClNO. The zero-order valence-electron chi connectivity index (χ0n) is 10.9. The van der Waals surface area contributed by atoms with Gasteiger partial charge in [0, 0.05) is 24.5 Å². The van der Waals surface area contributed by atoms with E-state index < -0.39 is 0 Å². The van der Waals surface area contributed by atoms with E-state index in [2.05, 4.69) is 6.92 Å². The van der Waals surface area contributed by atoms with Gasteiger partial charge in [0.05, 0.1) is 0 Å². The van der Waals surface area contributed by atoms with Gasteiger partial charge in [-0.3, -0.25) is 4.79 Å². The highest BCUT2D eigenvalue weighted by Gasteiger charge is 2.27. The molecule has 1 heterocycles. The first-order chi connectivity index (χ1) is 8.76. The molecule has 1 saturated heterocycles. The van der Waals surface area contributed by atoms with Crippen LogP contribution >= 0.6 is 11.6 Å². The molecule has 1 aromatic rings. The number of halogens is 1. The maximum atomic E-state index is 12.5. The normalized spacial score (nSPS) is 19.2. The Labute approximate surface area is 114 Å². The second-order valence-electron chi connectivity index (χ2n) is 4.89. The molecule has 1 aromatic carbocycles. The van der Waals surface area contributed by atoms with Gasteiger partial charge < -0.3 is 4.90 Å². The minimum Gasteiger partial charge on any atom is -0.338 e. The van der Waals surface area contributed by atoms with Gasteiger partial charge in [0.2, 0.25) is 0 Å². The van der Waals surface area contributed by atoms with Crippen LogP contribution in [0.5, 0.6) is 0 Å². The summed E-state index contributed by atoms with van der Waals surface area (Å²) in [6, 6.07) is 7.92. The summed E-state index contributed by atoms with van der Waals surface area (Å²) in [5.74, 6) is 1.46. The molecule has 0 radical (unpaired) electrons. The van der Waals surface area contributed by atoms with E-state index in [1.54, 1.807) is 0 Å². The highest BCUT2D eigenvalue weighted by Crippen LogP contribution is 2.23. The summed E-state index contributed by atoms with van der Waals surface area (Å²) in [5.41, 5.74) is 2.01. The molecule has 1 atom stereocenters. The van der Waals surface area contributed by atoms with Crippen LogP contribution in [0.1, 0.15) is 35.7 Å². The minimum absolute atomic E-state index is 0.185. The predicted molar refractivity (Wildman–Crippen MR) is 75.2 cm³/mol. The Bertz CT molecular complexity index is 419. The molecule has 0 spiro atoms. The van der Waals surface area contributed by atoms with Crippen LogP contribution in [-0.2, 0) is 6.42 Å². The maximum Gasteiger partial charge on any atom is 0.254 e. The SMILES string of the molecule is CCc1ccccc1C(=O)N1CCC(CCCl)C1. The van der Waals surface area contributed by atoms with Crippen LogP contribution in [0.3, 0.4) is 0 Å². The van der Waals surface area contributed by atoms with E-state index in [4.69, 9.17) is 11.6 Å². The molecule has 2 nitrogen and oxygen atoms in total. The maximum absolute atomic E-state index is 12.5. The molecule has 0 bridgehead atoms. The van der Waals surface area contributed by atoms with Crippen molar-refractivity contribution in [2.45, 2.75) is 26.2 Å². The van der Waals surface area contributed by atoms with Crippen LogP contribution in [0.15, 0.2) is 24.3 Å². The predicted octanol–water partition coefficient (Wildman–Crippen LogP) is 3.34. The number of likely N-dealkylation sites (tertiary alicyclic amines) is 1. The molecule has 1 aliphatic rings. The van der Waals surface area contributed by atoms with Crippen molar-refractivity contribution in [1.29, 1.82) is 0 Å². The number of benzene rings is 1. The van der Waals surface area contributed by atoms with Gasteiger partial charge in [0.1, 0.15) is 0 Å². The van der Waals surface area contributed by atoms with Crippen LogP contribution in [-0.4, -0.2) is 29.8 Å². The van der Waals surface area contributed by atoms with Crippen molar-refractivity contribution >= 4 is 17.5 Å². The van der Waals surface area contributed by atoms with Crippen molar-refractivity contribution in [1.82, 2.24) is 4.90 Å². The second-order valence-corrected chi connectivity index (χ2v) is 5.27. The fourth-order valence-electron chi connectivity index (χ4n) is 2.61. The molecule has 1 unspecified atom stereocenters. The van der Waals surface area contributed by atoms with E-state index in [-0.39, 0.29) is 5.91 Å². The van der Waals surface area contributed by atoms with Gasteiger partial charge in [-0.1, -0.05) is 25.1 Å². The first-order valence-corrected chi connectivity index (χ1v) is 7.22. The summed E-state index contributed by atoms with van der Waals surface area (Å²) >= 11 is 5.77. The van der Waals surface area contributed by atoms with E-state index in [0.717, 1.165) is 43.5 Å². The van der Waals surface area contributed by atoms with Crippen LogP contribution in [0.25, 0.3) is 0 Å². The number of hydrogen-bond acceptors (Lipinski definition) is 1. The number of carbonyl (C=O) groups excluding carboxylic acids is 1. The topological polar surface area (TPSA) is 20.3 Å². The number of alkyl halides is 1. The molecule has 1 amide bonds. The molecule has 3 heteroatoms. The smallest absolute Gasteiger partial charge is 0.254 e. The van der Waals surface area contributed by atoms with Gasteiger partial charge in [0.25, 0.3) is 5.91 Å². The van der Waals surface area contributed by atoms with E-state index in [9.17, 15) is 4.79 Å². The summed E-state index contributed by atoms with van der Waals surface area (Å²) < 4.78 is 0. The summed E-state index contributed by atoms with van der Waals surface area (Å²) in [6.07, 6.45) is 3.01. The fraction of sp³-hybridized carbons (Fsp3) is 0.533. The third-order valence-electron chi connectivity index (χ3n) is 3.72. The average molecular weight is 266 g/mol. The largest absolute Gasteiger partial charge is 0.338 e. The standard InChI is InChI=1S/C15H20ClNO/c1-2-13-5-3-4-6-14(13)15(18)17-10-8-12(11-17)7-9-16/h3-6,12H,2,7-11H2,1H3. The Morgan fingerprint density at radius 3 is 2.94 bits per heavy atom. The van der Waals surface area contributed by atoms with Crippen molar-refractivity contribution in [2.24, 2.45) is 5.92 Å². The quantitative estimate of drug-likeness (QED) is 0.765. The van der Waals surface area contributed by atoms with Gasteiger partial charge in [-0.05, 0) is 36.8 Å². The number of rotatable bonds is 4. The molecule has 2 rings (SSSR count). The first-order valence-electron chi connectivity index (χ1n) is 6.69. The zero-order valence-corrected chi connectivity index (χ0v) is 11.6. The van der Waals surface area contributed by atoms with Gasteiger partial charge in [-0.25, -0.2) is 0 Å². The molecule has 0 N–H and O–H groups in total. The molecule has 0 aliphatic carbocycles. The molecule has 18 heavy (non-hydrogen) atoms. The van der Waals surface area contributed by atoms with E-state index in [0.29, 0.717) is 11.8 Å². The Balaban J connectivity index is 2.08. The highest BCUT2D eigenvalue weighted by atomic mass is 35.5. The number of carbonyl (C=O) groups is 1. The van der Waals surface area contributed by atoms with Gasteiger partial charge >= 0.3 is 0 Å². The lowest BCUT2D eigenvalue weighted by molar-refractivity contribution is 0.0786. The molecular weight excluding hydrogens is 246 g/mol. The van der Waals surface area contributed by atoms with Crippen LogP contribution in [0.2, 0.25) is 0 Å². The Morgan fingerprint density at radius 1 is 1.44 bits per heavy atom. The number of nitrogens with zero attached hydrogens (tertiary/aromatic N) is 1. The van der Waals surface area contributed by atoms with E-state index >= 15 is 0 Å². The van der Waals surface area contributed by atoms with Gasteiger partial charge in [-0.15, -0.1) is 11.6 Å². The van der Waals surface area contributed by atoms with E-state index in [1.165, 1.54) is 0 Å². The van der Waals surface area contributed by atoms with Crippen molar-refractivity contribution in [3.8, 4) is 0 Å². The summed E-state index contributed by atoms with van der Waals surface area (Å²) in [6.45, 7) is 3.83. The highest BCUT2D eigenvalue weighted by molar-refractivity contribution is 6.17. The van der Waals surface area contributed by atoms with Gasteiger partial charge in [0.15, 0.2) is 0 Å². The lowest BCUT2D eigenvalue weighted by Crippen LogP contribution is -2.29. The fourth-order valence-corrected chi connectivity index (χ4v) is 2.92. The molecule has 98 valence electrons. The molecule has 0 aromatic heterocycles. The lowest BCUT2D eigenvalue weighted by Gasteiger charge is -2.18. The monoisotopic (exact) mass is 265 g/mol. The van der Waals surface area contributed by atoms with Crippen LogP contribution in [0.4, 0.5) is 0 Å². The number of hydrogen-bond donors (Lipinski definition) is 0. The van der Waals surface area contributed by atoms with Crippen molar-refractivity contribution in [3.05, 3.63) is 35.4 Å². The molecule has 1 fully saturated rings. The molecule has 0 saturated carbocycles. The minimum atomic E-state index is 0.185. The third kappa shape index (κ3) is 2.86. The average Bonchev–Trinajstić information content (AvgIpc) is 2.87.